The van der Waals surface area contributed by atoms with Crippen LogP contribution in [0, 0.1) is 0 Å². The third-order valence-corrected chi connectivity index (χ3v) is 5.04. The van der Waals surface area contributed by atoms with Gasteiger partial charge < -0.3 is 19.9 Å². The molecule has 1 amide bonds. The topological polar surface area (TPSA) is 84.9 Å². The van der Waals surface area contributed by atoms with Crippen LogP contribution >= 0.6 is 12.6 Å². The molecule has 1 aliphatic rings. The number of thiol groups is 1. The van der Waals surface area contributed by atoms with E-state index < -0.39 is 23.2 Å². The van der Waals surface area contributed by atoms with E-state index in [1.54, 1.807) is 25.3 Å². The SMILES string of the molecule is CCC(S)[C@@H](NC(=O)c1ccc(OC)c(OC2CCCC2)c1)C(=O)O. The third-order valence-electron chi connectivity index (χ3n) is 4.38. The minimum absolute atomic E-state index is 0.126. The molecule has 1 fully saturated rings. The Hall–Kier alpha value is -1.89. The fourth-order valence-electron chi connectivity index (χ4n) is 2.88. The van der Waals surface area contributed by atoms with Crippen LogP contribution in [0.2, 0.25) is 0 Å². The summed E-state index contributed by atoms with van der Waals surface area (Å²) in [7, 11) is 1.55. The third kappa shape index (κ3) is 5.04. The van der Waals surface area contributed by atoms with Gasteiger partial charge >= 0.3 is 5.97 Å². The van der Waals surface area contributed by atoms with Gasteiger partial charge in [-0.1, -0.05) is 6.92 Å². The zero-order valence-corrected chi connectivity index (χ0v) is 15.4. The van der Waals surface area contributed by atoms with Crippen LogP contribution in [0.4, 0.5) is 0 Å². The van der Waals surface area contributed by atoms with Crippen molar-refractivity contribution in [1.82, 2.24) is 5.32 Å². The first-order chi connectivity index (χ1) is 12.0. The number of carboxylic acids is 1. The number of carbonyl (C=O) groups is 2. The average Bonchev–Trinajstić information content (AvgIpc) is 3.11. The van der Waals surface area contributed by atoms with Crippen molar-refractivity contribution in [2.45, 2.75) is 56.4 Å². The van der Waals surface area contributed by atoms with Gasteiger partial charge in [-0.15, -0.1) is 0 Å². The van der Waals surface area contributed by atoms with Crippen molar-refractivity contribution in [3.8, 4) is 11.5 Å². The predicted molar refractivity (Wildman–Crippen MR) is 97.8 cm³/mol. The molecule has 0 bridgehead atoms. The predicted octanol–water partition coefficient (Wildman–Crippen LogP) is 2.91. The zero-order valence-electron chi connectivity index (χ0n) is 14.5. The maximum Gasteiger partial charge on any atom is 0.327 e. The fourth-order valence-corrected chi connectivity index (χ4v) is 3.08. The van der Waals surface area contributed by atoms with Crippen LogP contribution in [0.5, 0.6) is 11.5 Å². The summed E-state index contributed by atoms with van der Waals surface area (Å²) in [6.45, 7) is 1.82. The summed E-state index contributed by atoms with van der Waals surface area (Å²) < 4.78 is 11.3. The molecule has 0 saturated heterocycles. The second kappa shape index (κ2) is 8.99. The lowest BCUT2D eigenvalue weighted by Crippen LogP contribution is -2.46. The molecule has 6 nitrogen and oxygen atoms in total. The van der Waals surface area contributed by atoms with Crippen LogP contribution < -0.4 is 14.8 Å². The summed E-state index contributed by atoms with van der Waals surface area (Å²) in [5.74, 6) is -0.518. The molecule has 1 aromatic carbocycles. The van der Waals surface area contributed by atoms with E-state index in [1.165, 1.54) is 0 Å². The van der Waals surface area contributed by atoms with Gasteiger partial charge in [0.05, 0.1) is 13.2 Å². The van der Waals surface area contributed by atoms with Crippen molar-refractivity contribution >= 4 is 24.5 Å². The quantitative estimate of drug-likeness (QED) is 0.615. The Morgan fingerprint density at radius 3 is 2.56 bits per heavy atom. The van der Waals surface area contributed by atoms with Crippen molar-refractivity contribution in [3.63, 3.8) is 0 Å². The van der Waals surface area contributed by atoms with Crippen LogP contribution in [0.25, 0.3) is 0 Å². The summed E-state index contributed by atoms with van der Waals surface area (Å²) >= 11 is 4.24. The Balaban J connectivity index is 2.16. The van der Waals surface area contributed by atoms with E-state index in [0.29, 0.717) is 23.5 Å². The van der Waals surface area contributed by atoms with E-state index in [2.05, 4.69) is 17.9 Å². The molecule has 1 aliphatic carbocycles. The molecule has 0 heterocycles. The first-order valence-corrected chi connectivity index (χ1v) is 9.04. The number of benzene rings is 1. The zero-order chi connectivity index (χ0) is 18.4. The smallest absolute Gasteiger partial charge is 0.327 e. The highest BCUT2D eigenvalue weighted by molar-refractivity contribution is 7.81. The maximum atomic E-state index is 12.5. The fraction of sp³-hybridized carbons (Fsp3) is 0.556. The van der Waals surface area contributed by atoms with Gasteiger partial charge in [-0.25, -0.2) is 4.79 Å². The summed E-state index contributed by atoms with van der Waals surface area (Å²) in [5, 5.41) is 11.4. The molecule has 138 valence electrons. The number of carbonyl (C=O) groups excluding carboxylic acids is 1. The van der Waals surface area contributed by atoms with Gasteiger partial charge in [0.1, 0.15) is 6.04 Å². The monoisotopic (exact) mass is 367 g/mol. The van der Waals surface area contributed by atoms with Crippen molar-refractivity contribution in [3.05, 3.63) is 23.8 Å². The first kappa shape index (κ1) is 19.4. The lowest BCUT2D eigenvalue weighted by molar-refractivity contribution is -0.139. The average molecular weight is 367 g/mol. The Labute approximate surface area is 153 Å². The van der Waals surface area contributed by atoms with Gasteiger partial charge in [0, 0.05) is 10.8 Å². The van der Waals surface area contributed by atoms with Crippen LogP contribution in [0.1, 0.15) is 49.4 Å². The number of carboxylic acid groups (broad SMARTS) is 1. The Morgan fingerprint density at radius 1 is 1.32 bits per heavy atom. The highest BCUT2D eigenvalue weighted by Gasteiger charge is 2.27. The first-order valence-electron chi connectivity index (χ1n) is 8.52. The Kier molecular flexibility index (Phi) is 6.99. The number of nitrogens with one attached hydrogen (secondary N) is 1. The molecular weight excluding hydrogens is 342 g/mol. The summed E-state index contributed by atoms with van der Waals surface area (Å²) in [5.41, 5.74) is 0.330. The van der Waals surface area contributed by atoms with E-state index in [0.717, 1.165) is 25.7 Å². The lowest BCUT2D eigenvalue weighted by Gasteiger charge is -2.20. The summed E-state index contributed by atoms with van der Waals surface area (Å²) in [4.78, 5) is 23.8. The largest absolute Gasteiger partial charge is 0.493 e. The molecule has 0 spiro atoms. The number of rotatable bonds is 8. The summed E-state index contributed by atoms with van der Waals surface area (Å²) in [6.07, 6.45) is 4.89. The number of aliphatic carboxylic acids is 1. The number of hydrogen-bond acceptors (Lipinski definition) is 5. The van der Waals surface area contributed by atoms with Gasteiger partial charge in [-0.05, 0) is 50.3 Å². The molecule has 2 N–H and O–H groups in total. The maximum absolute atomic E-state index is 12.5. The minimum Gasteiger partial charge on any atom is -0.493 e. The molecule has 1 aromatic rings. The number of ether oxygens (including phenoxy) is 2. The van der Waals surface area contributed by atoms with Crippen molar-refractivity contribution < 1.29 is 24.2 Å². The molecule has 1 saturated carbocycles. The second-order valence-electron chi connectivity index (χ2n) is 6.15. The number of hydrogen-bond donors (Lipinski definition) is 3. The van der Waals surface area contributed by atoms with E-state index in [-0.39, 0.29) is 6.10 Å². The highest BCUT2D eigenvalue weighted by atomic mass is 32.1. The van der Waals surface area contributed by atoms with Gasteiger partial charge in [0.2, 0.25) is 0 Å². The molecule has 0 aliphatic heterocycles. The molecule has 2 rings (SSSR count). The van der Waals surface area contributed by atoms with Gasteiger partial charge in [0.15, 0.2) is 11.5 Å². The van der Waals surface area contributed by atoms with Crippen LogP contribution in [0.3, 0.4) is 0 Å². The Bertz CT molecular complexity index is 615. The molecule has 2 atom stereocenters. The number of amides is 1. The van der Waals surface area contributed by atoms with Gasteiger partial charge in [0.25, 0.3) is 5.91 Å². The van der Waals surface area contributed by atoms with Crippen LogP contribution in [-0.4, -0.2) is 41.5 Å². The molecule has 1 unspecified atom stereocenters. The molecule has 0 aromatic heterocycles. The second-order valence-corrected chi connectivity index (χ2v) is 6.82. The van der Waals surface area contributed by atoms with Crippen molar-refractivity contribution in [2.75, 3.05) is 7.11 Å². The van der Waals surface area contributed by atoms with Gasteiger partial charge in [-0.2, -0.15) is 12.6 Å². The van der Waals surface area contributed by atoms with Crippen molar-refractivity contribution in [1.29, 1.82) is 0 Å². The molecule has 0 radical (unpaired) electrons. The van der Waals surface area contributed by atoms with Crippen LogP contribution in [0.15, 0.2) is 18.2 Å². The molecular formula is C18H25NO5S. The van der Waals surface area contributed by atoms with E-state index in [1.807, 2.05) is 6.92 Å². The Morgan fingerprint density at radius 2 is 2.00 bits per heavy atom. The van der Waals surface area contributed by atoms with E-state index in [9.17, 15) is 14.7 Å². The summed E-state index contributed by atoms with van der Waals surface area (Å²) in [6, 6.07) is 3.80. The molecule has 7 heteroatoms. The van der Waals surface area contributed by atoms with Gasteiger partial charge in [-0.3, -0.25) is 4.79 Å². The molecule has 25 heavy (non-hydrogen) atoms. The number of methoxy groups -OCH3 is 1. The standard InChI is InChI=1S/C18H25NO5S/c1-3-15(25)16(18(21)22)19-17(20)11-8-9-13(23-2)14(10-11)24-12-6-4-5-7-12/h8-10,12,15-16,25H,3-7H2,1-2H3,(H,19,20)(H,21,22)/t15?,16-/m1/s1. The lowest BCUT2D eigenvalue weighted by atomic mass is 10.1. The van der Waals surface area contributed by atoms with E-state index >= 15 is 0 Å². The van der Waals surface area contributed by atoms with Crippen LogP contribution in [-0.2, 0) is 4.79 Å². The normalized spacial score (nSPS) is 16.9. The van der Waals surface area contributed by atoms with Crippen molar-refractivity contribution in [2.24, 2.45) is 0 Å². The minimum atomic E-state index is -1.11. The highest BCUT2D eigenvalue weighted by Crippen LogP contribution is 2.32. The van der Waals surface area contributed by atoms with E-state index in [4.69, 9.17) is 9.47 Å².